The first-order valence-electron chi connectivity index (χ1n) is 9.98. The predicted octanol–water partition coefficient (Wildman–Crippen LogP) is 2.84. The van der Waals surface area contributed by atoms with Crippen LogP contribution < -0.4 is 10.2 Å². The van der Waals surface area contributed by atoms with Crippen LogP contribution >= 0.6 is 12.6 Å². The zero-order valence-corrected chi connectivity index (χ0v) is 19.4. The molecule has 6 nitrogen and oxygen atoms in total. The lowest BCUT2D eigenvalue weighted by atomic mass is 9.95. The molecule has 2 N–H and O–H groups in total. The van der Waals surface area contributed by atoms with Gasteiger partial charge in [0.1, 0.15) is 0 Å². The van der Waals surface area contributed by atoms with Crippen LogP contribution in [0.25, 0.3) is 0 Å². The zero-order valence-electron chi connectivity index (χ0n) is 17.7. The summed E-state index contributed by atoms with van der Waals surface area (Å²) in [7, 11) is -2.00. The van der Waals surface area contributed by atoms with Gasteiger partial charge in [0.15, 0.2) is 5.60 Å². The second-order valence-electron chi connectivity index (χ2n) is 7.85. The highest BCUT2D eigenvalue weighted by Crippen LogP contribution is 2.39. The van der Waals surface area contributed by atoms with E-state index in [1.165, 1.54) is 34.6 Å². The summed E-state index contributed by atoms with van der Waals surface area (Å²) in [5, 5.41) is 12.9. The van der Waals surface area contributed by atoms with Crippen LogP contribution in [0.2, 0.25) is 0 Å². The SMILES string of the molecule is CNC[C@H]1CN(S(=O)(=O)c2ccccc2S)CCN1c1ccc(C(C)(O)C(F)(F)F)cc1. The van der Waals surface area contributed by atoms with Crippen molar-refractivity contribution in [1.29, 1.82) is 0 Å². The third kappa shape index (κ3) is 4.76. The van der Waals surface area contributed by atoms with Gasteiger partial charge in [0.05, 0.1) is 10.9 Å². The van der Waals surface area contributed by atoms with Crippen molar-refractivity contribution in [3.05, 3.63) is 54.1 Å². The van der Waals surface area contributed by atoms with E-state index in [1.54, 1.807) is 25.2 Å². The maximum Gasteiger partial charge on any atom is 0.421 e. The molecular formula is C21H26F3N3O3S2. The molecule has 1 aliphatic heterocycles. The number of benzene rings is 2. The van der Waals surface area contributed by atoms with E-state index >= 15 is 0 Å². The molecule has 2 aromatic carbocycles. The number of anilines is 1. The Bertz CT molecular complexity index is 1040. The maximum atomic E-state index is 13.2. The number of rotatable bonds is 6. The summed E-state index contributed by atoms with van der Waals surface area (Å²) >= 11 is 4.27. The zero-order chi connectivity index (χ0) is 23.7. The molecule has 0 aromatic heterocycles. The largest absolute Gasteiger partial charge is 0.421 e. The Hall–Kier alpha value is -1.79. The first-order valence-corrected chi connectivity index (χ1v) is 11.9. The molecule has 1 heterocycles. The van der Waals surface area contributed by atoms with Crippen LogP contribution in [0.1, 0.15) is 12.5 Å². The molecule has 1 saturated heterocycles. The highest BCUT2D eigenvalue weighted by molar-refractivity contribution is 7.90. The summed E-state index contributed by atoms with van der Waals surface area (Å²) in [6.45, 7) is 1.96. The normalized spacial score (nSPS) is 20.2. The van der Waals surface area contributed by atoms with E-state index in [2.05, 4.69) is 17.9 Å². The lowest BCUT2D eigenvalue weighted by molar-refractivity contribution is -0.258. The number of nitrogens with one attached hydrogen (secondary N) is 1. The van der Waals surface area contributed by atoms with E-state index in [-0.39, 0.29) is 29.6 Å². The highest BCUT2D eigenvalue weighted by Gasteiger charge is 2.51. The number of alkyl halides is 3. The van der Waals surface area contributed by atoms with E-state index in [1.807, 2.05) is 4.90 Å². The number of aliphatic hydroxyl groups is 1. The first-order chi connectivity index (χ1) is 14.9. The van der Waals surface area contributed by atoms with Crippen molar-refractivity contribution >= 4 is 28.3 Å². The molecule has 2 aromatic rings. The fourth-order valence-electron chi connectivity index (χ4n) is 3.75. The van der Waals surface area contributed by atoms with Gasteiger partial charge in [0.2, 0.25) is 10.0 Å². The van der Waals surface area contributed by atoms with Gasteiger partial charge in [-0.1, -0.05) is 24.3 Å². The monoisotopic (exact) mass is 489 g/mol. The minimum atomic E-state index is -4.80. The van der Waals surface area contributed by atoms with Crippen molar-refractivity contribution in [2.45, 2.75) is 34.5 Å². The summed E-state index contributed by atoms with van der Waals surface area (Å²) in [5.74, 6) is 0. The van der Waals surface area contributed by atoms with Crippen molar-refractivity contribution in [2.24, 2.45) is 0 Å². The molecule has 0 aliphatic carbocycles. The van der Waals surface area contributed by atoms with Crippen molar-refractivity contribution in [3.8, 4) is 0 Å². The van der Waals surface area contributed by atoms with E-state index in [0.717, 1.165) is 0 Å². The second-order valence-corrected chi connectivity index (χ2v) is 10.2. The number of piperazine rings is 1. The van der Waals surface area contributed by atoms with Crippen LogP contribution in [0.15, 0.2) is 58.3 Å². The molecule has 0 amide bonds. The standard InChI is InChI=1S/C21H26F3N3O3S2/c1-20(28,21(22,23)24)15-7-9-16(10-8-15)27-12-11-26(14-17(27)13-25-2)32(29,30)19-6-4-3-5-18(19)31/h3-10,17,25,28,31H,11-14H2,1-2H3/t17-,20?/m0/s1. The van der Waals surface area contributed by atoms with Gasteiger partial charge in [-0.25, -0.2) is 8.42 Å². The Morgan fingerprint density at radius 2 is 1.75 bits per heavy atom. The van der Waals surface area contributed by atoms with Gasteiger partial charge in [-0.2, -0.15) is 17.5 Å². The summed E-state index contributed by atoms with van der Waals surface area (Å²) in [6.07, 6.45) is -4.80. The van der Waals surface area contributed by atoms with Gasteiger partial charge < -0.3 is 15.3 Å². The Morgan fingerprint density at radius 1 is 1.12 bits per heavy atom. The number of thiol groups is 1. The van der Waals surface area contributed by atoms with Gasteiger partial charge >= 0.3 is 6.18 Å². The van der Waals surface area contributed by atoms with Crippen molar-refractivity contribution in [1.82, 2.24) is 9.62 Å². The summed E-state index contributed by atoms with van der Waals surface area (Å²) < 4.78 is 67.1. The minimum Gasteiger partial charge on any atom is -0.376 e. The molecule has 1 aliphatic rings. The van der Waals surface area contributed by atoms with Gasteiger partial charge in [0, 0.05) is 36.8 Å². The third-order valence-corrected chi connectivity index (χ3v) is 8.15. The Morgan fingerprint density at radius 3 is 2.31 bits per heavy atom. The van der Waals surface area contributed by atoms with Gasteiger partial charge in [-0.15, -0.1) is 12.6 Å². The Labute approximate surface area is 191 Å². The lowest BCUT2D eigenvalue weighted by Crippen LogP contribution is -2.57. The molecular weight excluding hydrogens is 463 g/mol. The molecule has 0 radical (unpaired) electrons. The summed E-state index contributed by atoms with van der Waals surface area (Å²) in [5.41, 5.74) is -2.56. The van der Waals surface area contributed by atoms with Crippen LogP contribution in [0, 0.1) is 0 Å². The van der Waals surface area contributed by atoms with Crippen LogP contribution in [0.3, 0.4) is 0 Å². The molecule has 3 rings (SSSR count). The summed E-state index contributed by atoms with van der Waals surface area (Å²) in [4.78, 5) is 2.47. The number of hydrogen-bond donors (Lipinski definition) is 3. The predicted molar refractivity (Wildman–Crippen MR) is 120 cm³/mol. The van der Waals surface area contributed by atoms with Crippen LogP contribution in [0.4, 0.5) is 18.9 Å². The molecule has 2 atom stereocenters. The Balaban J connectivity index is 1.84. The van der Waals surface area contributed by atoms with E-state index in [9.17, 15) is 26.7 Å². The van der Waals surface area contributed by atoms with Gasteiger partial charge in [-0.3, -0.25) is 0 Å². The smallest absolute Gasteiger partial charge is 0.376 e. The molecule has 0 bridgehead atoms. The number of halogens is 3. The second kappa shape index (κ2) is 9.22. The van der Waals surface area contributed by atoms with E-state index in [0.29, 0.717) is 30.6 Å². The minimum absolute atomic E-state index is 0.138. The molecule has 1 fully saturated rings. The Kier molecular flexibility index (Phi) is 7.16. The average Bonchev–Trinajstić information content (AvgIpc) is 2.73. The number of hydrogen-bond acceptors (Lipinski definition) is 6. The molecule has 1 unspecified atom stereocenters. The molecule has 176 valence electrons. The quantitative estimate of drug-likeness (QED) is 0.545. The maximum absolute atomic E-state index is 13.2. The fraction of sp³-hybridized carbons (Fsp3) is 0.429. The van der Waals surface area contributed by atoms with Crippen molar-refractivity contribution < 1.29 is 26.7 Å². The topological polar surface area (TPSA) is 72.9 Å². The van der Waals surface area contributed by atoms with Crippen molar-refractivity contribution in [3.63, 3.8) is 0 Å². The van der Waals surface area contributed by atoms with Crippen LogP contribution in [-0.4, -0.2) is 63.3 Å². The van der Waals surface area contributed by atoms with Crippen LogP contribution in [-0.2, 0) is 15.6 Å². The van der Waals surface area contributed by atoms with E-state index in [4.69, 9.17) is 0 Å². The highest BCUT2D eigenvalue weighted by atomic mass is 32.2. The number of sulfonamides is 1. The van der Waals surface area contributed by atoms with E-state index < -0.39 is 21.8 Å². The van der Waals surface area contributed by atoms with Gasteiger partial charge in [-0.05, 0) is 43.8 Å². The summed E-state index contributed by atoms with van der Waals surface area (Å²) in [6, 6.07) is 11.8. The van der Waals surface area contributed by atoms with Gasteiger partial charge in [0.25, 0.3) is 0 Å². The first kappa shape index (κ1) is 24.8. The van der Waals surface area contributed by atoms with Crippen molar-refractivity contribution in [2.75, 3.05) is 38.1 Å². The number of likely N-dealkylation sites (N-methyl/N-ethyl adjacent to an activating group) is 1. The average molecular weight is 490 g/mol. The molecule has 32 heavy (non-hydrogen) atoms. The molecule has 0 spiro atoms. The molecule has 11 heteroatoms. The number of nitrogens with zero attached hydrogens (tertiary/aromatic N) is 2. The van der Waals surface area contributed by atoms with Crippen LogP contribution in [0.5, 0.6) is 0 Å². The third-order valence-electron chi connectivity index (χ3n) is 5.68. The lowest BCUT2D eigenvalue weighted by Gasteiger charge is -2.42. The molecule has 0 saturated carbocycles. The fourth-order valence-corrected chi connectivity index (χ4v) is 5.81.